The number of hydrogen-bond donors (Lipinski definition) is 1. The van der Waals surface area contributed by atoms with Crippen LogP contribution in [0.3, 0.4) is 0 Å². The second-order valence-electron chi connectivity index (χ2n) is 7.48. The zero-order valence-corrected chi connectivity index (χ0v) is 15.1. The summed E-state index contributed by atoms with van der Waals surface area (Å²) in [6.45, 7) is 9.90. The van der Waals surface area contributed by atoms with Crippen LogP contribution < -0.4 is 5.32 Å². The van der Waals surface area contributed by atoms with Crippen molar-refractivity contribution in [2.24, 2.45) is 0 Å². The normalized spacial score (nSPS) is 18.4. The van der Waals surface area contributed by atoms with Crippen LogP contribution in [0.15, 0.2) is 24.3 Å². The number of nitrogens with one attached hydrogen (secondary N) is 1. The van der Waals surface area contributed by atoms with Crippen molar-refractivity contribution in [1.82, 2.24) is 15.1 Å². The number of amides is 1. The third-order valence-corrected chi connectivity index (χ3v) is 5.18. The molecule has 1 aromatic rings. The van der Waals surface area contributed by atoms with E-state index in [0.29, 0.717) is 24.3 Å². The lowest BCUT2D eigenvalue weighted by molar-refractivity contribution is -0.132. The molecule has 0 aromatic heterocycles. The van der Waals surface area contributed by atoms with Crippen LogP contribution in [-0.2, 0) is 11.3 Å². The van der Waals surface area contributed by atoms with E-state index in [2.05, 4.69) is 48.3 Å². The Morgan fingerprint density at radius 2 is 1.88 bits per heavy atom. The van der Waals surface area contributed by atoms with E-state index in [0.717, 1.165) is 39.3 Å². The highest BCUT2D eigenvalue weighted by atomic mass is 16.2. The molecule has 132 valence electrons. The molecule has 1 saturated heterocycles. The highest BCUT2D eigenvalue weighted by molar-refractivity contribution is 5.76. The summed E-state index contributed by atoms with van der Waals surface area (Å²) in [6, 6.07) is 9.69. The van der Waals surface area contributed by atoms with Gasteiger partial charge in [0.15, 0.2) is 0 Å². The van der Waals surface area contributed by atoms with Gasteiger partial charge in [-0.1, -0.05) is 38.1 Å². The number of hydrogen-bond acceptors (Lipinski definition) is 3. The van der Waals surface area contributed by atoms with Gasteiger partial charge in [-0.15, -0.1) is 0 Å². The molecule has 4 nitrogen and oxygen atoms in total. The van der Waals surface area contributed by atoms with Gasteiger partial charge >= 0.3 is 0 Å². The minimum Gasteiger partial charge on any atom is -0.340 e. The van der Waals surface area contributed by atoms with Crippen LogP contribution in [0.5, 0.6) is 0 Å². The fourth-order valence-electron chi connectivity index (χ4n) is 3.38. The molecular formula is C20H31N3O. The molecule has 3 rings (SSSR count). The van der Waals surface area contributed by atoms with Crippen LogP contribution in [0, 0.1) is 0 Å². The lowest BCUT2D eigenvalue weighted by Crippen LogP contribution is -2.47. The van der Waals surface area contributed by atoms with E-state index in [9.17, 15) is 4.79 Å². The number of rotatable bonds is 7. The molecule has 2 fully saturated rings. The van der Waals surface area contributed by atoms with Crippen molar-refractivity contribution in [3.63, 3.8) is 0 Å². The predicted octanol–water partition coefficient (Wildman–Crippen LogP) is 2.60. The first-order valence-corrected chi connectivity index (χ1v) is 9.45. The molecule has 1 aliphatic carbocycles. The lowest BCUT2D eigenvalue weighted by Gasteiger charge is -2.29. The van der Waals surface area contributed by atoms with Gasteiger partial charge in [-0.25, -0.2) is 0 Å². The molecule has 0 bridgehead atoms. The average molecular weight is 329 g/mol. The molecule has 1 aromatic carbocycles. The molecule has 0 radical (unpaired) electrons. The number of carbonyl (C=O) groups excluding carboxylic acids is 1. The second-order valence-corrected chi connectivity index (χ2v) is 7.48. The Hall–Kier alpha value is -1.39. The SMILES string of the molecule is CC(C)c1ccc(CN(CCC(=O)N2CCNCC2)C2CC2)cc1. The van der Waals surface area contributed by atoms with Crippen molar-refractivity contribution in [2.75, 3.05) is 32.7 Å². The largest absolute Gasteiger partial charge is 0.340 e. The van der Waals surface area contributed by atoms with Crippen LogP contribution in [0.1, 0.15) is 50.2 Å². The van der Waals surface area contributed by atoms with Crippen LogP contribution in [0.4, 0.5) is 0 Å². The number of piperazine rings is 1. The molecule has 24 heavy (non-hydrogen) atoms. The Kier molecular flexibility index (Phi) is 5.90. The Morgan fingerprint density at radius 3 is 2.46 bits per heavy atom. The third-order valence-electron chi connectivity index (χ3n) is 5.18. The molecule has 1 amide bonds. The van der Waals surface area contributed by atoms with Gasteiger partial charge in [0.25, 0.3) is 0 Å². The summed E-state index contributed by atoms with van der Waals surface area (Å²) in [6.07, 6.45) is 3.22. The number of carbonyl (C=O) groups is 1. The summed E-state index contributed by atoms with van der Waals surface area (Å²) >= 11 is 0. The van der Waals surface area contributed by atoms with Crippen molar-refractivity contribution < 1.29 is 4.79 Å². The predicted molar refractivity (Wildman–Crippen MR) is 98.0 cm³/mol. The van der Waals surface area contributed by atoms with E-state index < -0.39 is 0 Å². The molecule has 1 saturated carbocycles. The van der Waals surface area contributed by atoms with E-state index in [4.69, 9.17) is 0 Å². The van der Waals surface area contributed by atoms with Gasteiger partial charge in [-0.05, 0) is 29.9 Å². The van der Waals surface area contributed by atoms with E-state index in [-0.39, 0.29) is 0 Å². The van der Waals surface area contributed by atoms with Crippen molar-refractivity contribution in [3.05, 3.63) is 35.4 Å². The van der Waals surface area contributed by atoms with Crippen LogP contribution in [0.2, 0.25) is 0 Å². The topological polar surface area (TPSA) is 35.6 Å². The van der Waals surface area contributed by atoms with Gasteiger partial charge < -0.3 is 10.2 Å². The summed E-state index contributed by atoms with van der Waals surface area (Å²) in [7, 11) is 0. The summed E-state index contributed by atoms with van der Waals surface area (Å²) in [5.41, 5.74) is 2.76. The van der Waals surface area contributed by atoms with Crippen LogP contribution in [0.25, 0.3) is 0 Å². The Bertz CT molecular complexity index is 530. The first-order valence-electron chi connectivity index (χ1n) is 9.45. The van der Waals surface area contributed by atoms with Gasteiger partial charge in [0.1, 0.15) is 0 Å². The van der Waals surface area contributed by atoms with E-state index in [1.54, 1.807) is 0 Å². The summed E-state index contributed by atoms with van der Waals surface area (Å²) < 4.78 is 0. The summed E-state index contributed by atoms with van der Waals surface area (Å²) in [4.78, 5) is 16.9. The average Bonchev–Trinajstić information content (AvgIpc) is 3.44. The molecule has 0 unspecified atom stereocenters. The first-order chi connectivity index (χ1) is 11.6. The maximum absolute atomic E-state index is 12.4. The van der Waals surface area contributed by atoms with Gasteiger partial charge in [0.2, 0.25) is 5.91 Å². The number of nitrogens with zero attached hydrogens (tertiary/aromatic N) is 2. The van der Waals surface area contributed by atoms with Crippen LogP contribution >= 0.6 is 0 Å². The van der Waals surface area contributed by atoms with E-state index >= 15 is 0 Å². The monoisotopic (exact) mass is 329 g/mol. The Morgan fingerprint density at radius 1 is 1.21 bits per heavy atom. The molecule has 0 spiro atoms. The summed E-state index contributed by atoms with van der Waals surface area (Å²) in [5.74, 6) is 0.896. The van der Waals surface area contributed by atoms with Gasteiger partial charge in [0, 0.05) is 51.7 Å². The van der Waals surface area contributed by atoms with E-state index in [1.807, 2.05) is 4.90 Å². The quantitative estimate of drug-likeness (QED) is 0.835. The molecular weight excluding hydrogens is 298 g/mol. The van der Waals surface area contributed by atoms with E-state index in [1.165, 1.54) is 24.0 Å². The minimum atomic E-state index is 0.317. The van der Waals surface area contributed by atoms with Crippen molar-refractivity contribution >= 4 is 5.91 Å². The maximum atomic E-state index is 12.4. The molecule has 2 aliphatic rings. The molecule has 1 aliphatic heterocycles. The minimum absolute atomic E-state index is 0.317. The van der Waals surface area contributed by atoms with Crippen molar-refractivity contribution in [2.45, 2.75) is 51.6 Å². The Labute approximate surface area is 146 Å². The fourth-order valence-corrected chi connectivity index (χ4v) is 3.38. The number of benzene rings is 1. The molecule has 0 atom stereocenters. The van der Waals surface area contributed by atoms with Crippen LogP contribution in [-0.4, -0.2) is 54.5 Å². The standard InChI is InChI=1S/C20H31N3O/c1-16(2)18-5-3-17(4-6-18)15-23(19-7-8-19)12-9-20(24)22-13-10-21-11-14-22/h3-6,16,19,21H,7-15H2,1-2H3. The van der Waals surface area contributed by atoms with Gasteiger partial charge in [0.05, 0.1) is 0 Å². The fraction of sp³-hybridized carbons (Fsp3) is 0.650. The highest BCUT2D eigenvalue weighted by Crippen LogP contribution is 2.28. The lowest BCUT2D eigenvalue weighted by atomic mass is 10.0. The molecule has 1 heterocycles. The van der Waals surface area contributed by atoms with Crippen molar-refractivity contribution in [3.8, 4) is 0 Å². The highest BCUT2D eigenvalue weighted by Gasteiger charge is 2.29. The summed E-state index contributed by atoms with van der Waals surface area (Å²) in [5, 5.41) is 3.30. The van der Waals surface area contributed by atoms with Gasteiger partial charge in [-0.3, -0.25) is 9.69 Å². The molecule has 1 N–H and O–H groups in total. The maximum Gasteiger partial charge on any atom is 0.223 e. The smallest absolute Gasteiger partial charge is 0.223 e. The third kappa shape index (κ3) is 4.81. The van der Waals surface area contributed by atoms with Crippen molar-refractivity contribution in [1.29, 1.82) is 0 Å². The zero-order chi connectivity index (χ0) is 16.9. The second kappa shape index (κ2) is 8.13. The first kappa shape index (κ1) is 17.4. The van der Waals surface area contributed by atoms with Gasteiger partial charge in [-0.2, -0.15) is 0 Å². The Balaban J connectivity index is 1.52. The molecule has 4 heteroatoms. The zero-order valence-electron chi connectivity index (χ0n) is 15.1.